The summed E-state index contributed by atoms with van der Waals surface area (Å²) in [5, 5.41) is 7.80. The Bertz CT molecular complexity index is 1380. The third-order valence-electron chi connectivity index (χ3n) is 5.89. The lowest BCUT2D eigenvalue weighted by Crippen LogP contribution is -2.20. The minimum absolute atomic E-state index is 0.213. The Labute approximate surface area is 192 Å². The van der Waals surface area contributed by atoms with Crippen LogP contribution >= 0.6 is 0 Å². The highest BCUT2D eigenvalue weighted by Crippen LogP contribution is 2.50. The maximum atomic E-state index is 12.9. The Hall–Kier alpha value is -3.95. The number of aryl methyl sites for hydroxylation is 1. The molecule has 1 N–H and O–H groups in total. The van der Waals surface area contributed by atoms with E-state index in [1.165, 1.54) is 13.4 Å². The molecule has 0 saturated heterocycles. The molecule has 0 bridgehead atoms. The van der Waals surface area contributed by atoms with Crippen LogP contribution in [-0.4, -0.2) is 38.9 Å². The first-order valence-corrected chi connectivity index (χ1v) is 10.6. The fourth-order valence-electron chi connectivity index (χ4n) is 4.11. The van der Waals surface area contributed by atoms with Gasteiger partial charge in [-0.25, -0.2) is 9.97 Å². The number of halogens is 3. The molecular formula is C24H20F3N5O2. The van der Waals surface area contributed by atoms with E-state index in [4.69, 9.17) is 4.74 Å². The van der Waals surface area contributed by atoms with Crippen molar-refractivity contribution in [2.24, 2.45) is 18.9 Å². The number of alkyl halides is 3. The van der Waals surface area contributed by atoms with E-state index in [-0.39, 0.29) is 12.1 Å². The van der Waals surface area contributed by atoms with Crippen molar-refractivity contribution in [3.8, 4) is 28.3 Å². The van der Waals surface area contributed by atoms with Gasteiger partial charge in [0.05, 0.1) is 35.8 Å². The number of anilines is 1. The number of rotatable bonds is 5. The number of carbonyl (C=O) groups is 1. The van der Waals surface area contributed by atoms with E-state index in [2.05, 4.69) is 20.4 Å². The van der Waals surface area contributed by atoms with Crippen molar-refractivity contribution in [1.29, 1.82) is 0 Å². The molecule has 1 aliphatic rings. The molecule has 0 spiro atoms. The van der Waals surface area contributed by atoms with Crippen LogP contribution in [0.1, 0.15) is 6.42 Å². The van der Waals surface area contributed by atoms with Crippen molar-refractivity contribution in [2.45, 2.75) is 12.6 Å². The zero-order valence-corrected chi connectivity index (χ0v) is 18.3. The molecule has 0 unspecified atom stereocenters. The fourth-order valence-corrected chi connectivity index (χ4v) is 4.11. The first-order valence-electron chi connectivity index (χ1n) is 10.6. The quantitative estimate of drug-likeness (QED) is 0.454. The third kappa shape index (κ3) is 3.95. The molecule has 2 aromatic carbocycles. The van der Waals surface area contributed by atoms with Gasteiger partial charge >= 0.3 is 6.18 Å². The summed E-state index contributed by atoms with van der Waals surface area (Å²) in [4.78, 5) is 21.3. The minimum atomic E-state index is -4.38. The van der Waals surface area contributed by atoms with Gasteiger partial charge in [0.25, 0.3) is 0 Å². The molecule has 2 aromatic heterocycles. The summed E-state index contributed by atoms with van der Waals surface area (Å²) in [7, 11) is 3.23. The normalized spacial score (nSPS) is 17.6. The Balaban J connectivity index is 1.58. The van der Waals surface area contributed by atoms with E-state index < -0.39 is 23.9 Å². The molecule has 0 radical (unpaired) electrons. The van der Waals surface area contributed by atoms with Gasteiger partial charge in [0.15, 0.2) is 0 Å². The smallest absolute Gasteiger partial charge is 0.392 e. The van der Waals surface area contributed by atoms with Gasteiger partial charge in [-0.1, -0.05) is 30.3 Å². The average Bonchev–Trinajstić information content (AvgIpc) is 3.55. The zero-order chi connectivity index (χ0) is 24.0. The SMILES string of the molecule is COc1cc2ncnc(-c3cn(C)nc3-c3ccccc3)c2cc1NC(=O)[C@@H]1C[C@H]1C(F)(F)F. The number of hydrogen-bond acceptors (Lipinski definition) is 5. The maximum Gasteiger partial charge on any atom is 0.392 e. The number of aromatic nitrogens is 4. The van der Waals surface area contributed by atoms with Crippen LogP contribution in [0.2, 0.25) is 0 Å². The van der Waals surface area contributed by atoms with E-state index in [9.17, 15) is 18.0 Å². The van der Waals surface area contributed by atoms with Crippen LogP contribution in [0.4, 0.5) is 18.9 Å². The number of nitrogens with zero attached hydrogens (tertiary/aromatic N) is 4. The van der Waals surface area contributed by atoms with Gasteiger partial charge in [-0.2, -0.15) is 18.3 Å². The van der Waals surface area contributed by atoms with Gasteiger partial charge in [0, 0.05) is 35.8 Å². The average molecular weight is 467 g/mol. The number of nitrogens with one attached hydrogen (secondary N) is 1. The van der Waals surface area contributed by atoms with E-state index >= 15 is 0 Å². The molecule has 1 amide bonds. The number of benzene rings is 2. The predicted molar refractivity (Wildman–Crippen MR) is 120 cm³/mol. The fraction of sp³-hybridized carbons (Fsp3) is 0.250. The second-order valence-electron chi connectivity index (χ2n) is 8.20. The molecule has 1 fully saturated rings. The number of hydrogen-bond donors (Lipinski definition) is 1. The van der Waals surface area contributed by atoms with Crippen LogP contribution in [-0.2, 0) is 11.8 Å². The highest BCUT2D eigenvalue weighted by molar-refractivity contribution is 6.02. The molecule has 1 aliphatic carbocycles. The Kier molecular flexibility index (Phi) is 5.22. The van der Waals surface area contributed by atoms with Crippen molar-refractivity contribution in [1.82, 2.24) is 19.7 Å². The zero-order valence-electron chi connectivity index (χ0n) is 18.3. The number of methoxy groups -OCH3 is 1. The van der Waals surface area contributed by atoms with Crippen LogP contribution < -0.4 is 10.1 Å². The highest BCUT2D eigenvalue weighted by atomic mass is 19.4. The van der Waals surface area contributed by atoms with E-state index in [0.717, 1.165) is 16.8 Å². The van der Waals surface area contributed by atoms with E-state index in [1.54, 1.807) is 23.9 Å². The van der Waals surface area contributed by atoms with Crippen LogP contribution in [0, 0.1) is 11.8 Å². The van der Waals surface area contributed by atoms with Gasteiger partial charge in [-0.05, 0) is 12.5 Å². The second kappa shape index (κ2) is 8.12. The lowest BCUT2D eigenvalue weighted by atomic mass is 10.0. The number of carbonyl (C=O) groups excluding carboxylic acids is 1. The lowest BCUT2D eigenvalue weighted by Gasteiger charge is -2.13. The van der Waals surface area contributed by atoms with Crippen molar-refractivity contribution in [2.75, 3.05) is 12.4 Å². The predicted octanol–water partition coefficient (Wildman–Crippen LogP) is 4.84. The first-order chi connectivity index (χ1) is 16.3. The molecule has 0 aliphatic heterocycles. The standard InChI is InChI=1S/C24H20F3N5O2/c1-32-11-16(21(31-32)13-6-4-3-5-7-13)22-15-9-19(20(34-2)10-18(15)28-12-29-22)30-23(33)14-8-17(14)24(25,26)27/h3-7,9-12,14,17H,8H2,1-2H3,(H,30,33)/t14-,17-/m1/s1. The van der Waals surface area contributed by atoms with Crippen molar-refractivity contribution < 1.29 is 22.7 Å². The Morgan fingerprint density at radius 3 is 2.59 bits per heavy atom. The molecule has 7 nitrogen and oxygen atoms in total. The van der Waals surface area contributed by atoms with Crippen LogP contribution in [0.5, 0.6) is 5.75 Å². The van der Waals surface area contributed by atoms with Crippen molar-refractivity contribution in [3.05, 3.63) is 55.0 Å². The molecule has 34 heavy (non-hydrogen) atoms. The number of fused-ring (bicyclic) bond motifs is 1. The summed E-state index contributed by atoms with van der Waals surface area (Å²) in [5.74, 6) is -3.11. The summed E-state index contributed by atoms with van der Waals surface area (Å²) in [6.07, 6.45) is -1.33. The Morgan fingerprint density at radius 1 is 1.15 bits per heavy atom. The second-order valence-corrected chi connectivity index (χ2v) is 8.20. The number of amides is 1. The first kappa shape index (κ1) is 21.9. The van der Waals surface area contributed by atoms with Crippen molar-refractivity contribution >= 4 is 22.5 Å². The molecule has 174 valence electrons. The molecule has 2 heterocycles. The third-order valence-corrected chi connectivity index (χ3v) is 5.89. The maximum absolute atomic E-state index is 12.9. The van der Waals surface area contributed by atoms with Gasteiger partial charge < -0.3 is 10.1 Å². The van der Waals surface area contributed by atoms with Gasteiger partial charge in [-0.15, -0.1) is 0 Å². The van der Waals surface area contributed by atoms with Gasteiger partial charge in [0.1, 0.15) is 17.8 Å². The van der Waals surface area contributed by atoms with Gasteiger partial charge in [0.2, 0.25) is 5.91 Å². The topological polar surface area (TPSA) is 81.9 Å². The summed E-state index contributed by atoms with van der Waals surface area (Å²) in [5.41, 5.74) is 3.77. The summed E-state index contributed by atoms with van der Waals surface area (Å²) in [6.45, 7) is 0. The minimum Gasteiger partial charge on any atom is -0.494 e. The van der Waals surface area contributed by atoms with E-state index in [1.807, 2.05) is 36.5 Å². The van der Waals surface area contributed by atoms with Crippen LogP contribution in [0.15, 0.2) is 55.0 Å². The Morgan fingerprint density at radius 2 is 1.91 bits per heavy atom. The molecule has 1 saturated carbocycles. The molecule has 4 aromatic rings. The van der Waals surface area contributed by atoms with E-state index in [0.29, 0.717) is 22.3 Å². The van der Waals surface area contributed by atoms with Crippen LogP contribution in [0.25, 0.3) is 33.4 Å². The molecule has 10 heteroatoms. The summed E-state index contributed by atoms with van der Waals surface area (Å²) >= 11 is 0. The highest BCUT2D eigenvalue weighted by Gasteiger charge is 2.58. The summed E-state index contributed by atoms with van der Waals surface area (Å²) < 4.78 is 45.9. The molecule has 2 atom stereocenters. The lowest BCUT2D eigenvalue weighted by molar-refractivity contribution is -0.153. The molecular weight excluding hydrogens is 447 g/mol. The van der Waals surface area contributed by atoms with Crippen LogP contribution in [0.3, 0.4) is 0 Å². The molecule has 5 rings (SSSR count). The largest absolute Gasteiger partial charge is 0.494 e. The van der Waals surface area contributed by atoms with Crippen molar-refractivity contribution in [3.63, 3.8) is 0 Å². The number of ether oxygens (including phenoxy) is 1. The monoisotopic (exact) mass is 467 g/mol. The van der Waals surface area contributed by atoms with Gasteiger partial charge in [-0.3, -0.25) is 9.48 Å². The summed E-state index contributed by atoms with van der Waals surface area (Å²) in [6, 6.07) is 12.9.